The molecule has 0 radical (unpaired) electrons. The van der Waals surface area contributed by atoms with Crippen molar-refractivity contribution in [1.29, 1.82) is 0 Å². The first kappa shape index (κ1) is 12.0. The van der Waals surface area contributed by atoms with Gasteiger partial charge in [0.15, 0.2) is 0 Å². The normalized spacial score (nSPS) is 49.2. The van der Waals surface area contributed by atoms with Gasteiger partial charge in [-0.25, -0.2) is 0 Å². The molecule has 2 aliphatic carbocycles. The molecule has 0 N–H and O–H groups in total. The Labute approximate surface area is 106 Å². The fourth-order valence-electron chi connectivity index (χ4n) is 5.51. The Morgan fingerprint density at radius 3 is 2.47 bits per heavy atom. The van der Waals surface area contributed by atoms with Gasteiger partial charge in [-0.1, -0.05) is 27.2 Å². The van der Waals surface area contributed by atoms with Crippen molar-refractivity contribution in [3.8, 4) is 0 Å². The molecule has 3 aliphatic rings. The Balaban J connectivity index is 1.85. The molecule has 1 spiro atoms. The van der Waals surface area contributed by atoms with Crippen LogP contribution in [0.1, 0.15) is 72.1 Å². The van der Waals surface area contributed by atoms with Crippen molar-refractivity contribution in [2.24, 2.45) is 16.7 Å². The SMILES string of the molecule is CC1(C)CCC[C@@]2(C)C[C@@]3(CCCO3)CC[C@H]12. The molecule has 1 saturated heterocycles. The summed E-state index contributed by atoms with van der Waals surface area (Å²) in [6, 6.07) is 0. The number of rotatable bonds is 0. The van der Waals surface area contributed by atoms with Crippen molar-refractivity contribution in [2.45, 2.75) is 77.7 Å². The van der Waals surface area contributed by atoms with Gasteiger partial charge in [-0.15, -0.1) is 0 Å². The second kappa shape index (κ2) is 3.73. The van der Waals surface area contributed by atoms with Crippen molar-refractivity contribution in [3.63, 3.8) is 0 Å². The molecule has 17 heavy (non-hydrogen) atoms. The number of hydrogen-bond donors (Lipinski definition) is 0. The molecule has 98 valence electrons. The summed E-state index contributed by atoms with van der Waals surface area (Å²) in [7, 11) is 0. The van der Waals surface area contributed by atoms with Crippen LogP contribution in [0, 0.1) is 16.7 Å². The quantitative estimate of drug-likeness (QED) is 0.599. The fraction of sp³-hybridized carbons (Fsp3) is 1.00. The number of ether oxygens (including phenoxy) is 1. The Bertz CT molecular complexity index is 301. The van der Waals surface area contributed by atoms with Crippen molar-refractivity contribution >= 4 is 0 Å². The first-order chi connectivity index (χ1) is 7.96. The summed E-state index contributed by atoms with van der Waals surface area (Å²) in [5, 5.41) is 0. The molecule has 1 heterocycles. The highest BCUT2D eigenvalue weighted by Gasteiger charge is 2.54. The minimum atomic E-state index is 0.290. The fourth-order valence-corrected chi connectivity index (χ4v) is 5.51. The van der Waals surface area contributed by atoms with Crippen molar-refractivity contribution in [1.82, 2.24) is 0 Å². The monoisotopic (exact) mass is 236 g/mol. The lowest BCUT2D eigenvalue weighted by atomic mass is 9.49. The lowest BCUT2D eigenvalue weighted by Crippen LogP contribution is -2.51. The van der Waals surface area contributed by atoms with Gasteiger partial charge in [0, 0.05) is 6.61 Å². The molecule has 1 nitrogen and oxygen atoms in total. The van der Waals surface area contributed by atoms with Gasteiger partial charge in [-0.2, -0.15) is 0 Å². The lowest BCUT2D eigenvalue weighted by molar-refractivity contribution is -0.129. The predicted octanol–water partition coefficient (Wildman–Crippen LogP) is 4.55. The number of hydrogen-bond acceptors (Lipinski definition) is 1. The second-order valence-corrected chi connectivity index (χ2v) is 7.90. The van der Waals surface area contributed by atoms with E-state index < -0.39 is 0 Å². The van der Waals surface area contributed by atoms with Gasteiger partial charge in [0.2, 0.25) is 0 Å². The molecule has 2 saturated carbocycles. The van der Waals surface area contributed by atoms with Gasteiger partial charge in [0.1, 0.15) is 0 Å². The second-order valence-electron chi connectivity index (χ2n) is 7.90. The van der Waals surface area contributed by atoms with Crippen LogP contribution in [0.5, 0.6) is 0 Å². The smallest absolute Gasteiger partial charge is 0.0688 e. The Morgan fingerprint density at radius 1 is 0.941 bits per heavy atom. The van der Waals surface area contributed by atoms with E-state index in [1.54, 1.807) is 0 Å². The van der Waals surface area contributed by atoms with E-state index in [9.17, 15) is 0 Å². The van der Waals surface area contributed by atoms with Gasteiger partial charge in [0.25, 0.3) is 0 Å². The van der Waals surface area contributed by atoms with E-state index >= 15 is 0 Å². The summed E-state index contributed by atoms with van der Waals surface area (Å²) in [6.07, 6.45) is 11.0. The topological polar surface area (TPSA) is 9.23 Å². The minimum Gasteiger partial charge on any atom is -0.375 e. The Hall–Kier alpha value is -0.0400. The van der Waals surface area contributed by atoms with Crippen LogP contribution in [0.15, 0.2) is 0 Å². The van der Waals surface area contributed by atoms with E-state index in [-0.39, 0.29) is 0 Å². The average molecular weight is 236 g/mol. The zero-order chi connectivity index (χ0) is 12.1. The van der Waals surface area contributed by atoms with Crippen molar-refractivity contribution < 1.29 is 4.74 Å². The molecule has 0 aromatic carbocycles. The zero-order valence-electron chi connectivity index (χ0n) is 11.8. The molecular formula is C16H28O. The summed E-state index contributed by atoms with van der Waals surface area (Å²) in [5.74, 6) is 0.929. The zero-order valence-corrected chi connectivity index (χ0v) is 11.8. The summed E-state index contributed by atoms with van der Waals surface area (Å²) in [4.78, 5) is 0. The standard InChI is InChI=1S/C16H28O/c1-14(2)7-4-8-15(3)12-16(9-5-11-17-16)10-6-13(14)15/h13H,4-12H2,1-3H3/t13-,15+,16-/m1/s1. The van der Waals surface area contributed by atoms with Gasteiger partial charge < -0.3 is 4.74 Å². The summed E-state index contributed by atoms with van der Waals surface area (Å²) < 4.78 is 6.16. The molecule has 1 heteroatoms. The highest BCUT2D eigenvalue weighted by molar-refractivity contribution is 5.05. The molecule has 0 amide bonds. The third-order valence-corrected chi connectivity index (χ3v) is 6.15. The molecule has 1 aliphatic heterocycles. The van der Waals surface area contributed by atoms with Crippen LogP contribution in [0.4, 0.5) is 0 Å². The third kappa shape index (κ3) is 1.85. The number of fused-ring (bicyclic) bond motifs is 1. The van der Waals surface area contributed by atoms with E-state index in [2.05, 4.69) is 20.8 Å². The van der Waals surface area contributed by atoms with Gasteiger partial charge in [0.05, 0.1) is 5.60 Å². The highest BCUT2D eigenvalue weighted by atomic mass is 16.5. The van der Waals surface area contributed by atoms with E-state index in [4.69, 9.17) is 4.74 Å². The summed E-state index contributed by atoms with van der Waals surface area (Å²) >= 11 is 0. The maximum absolute atomic E-state index is 6.16. The van der Waals surface area contributed by atoms with E-state index in [0.717, 1.165) is 12.5 Å². The van der Waals surface area contributed by atoms with Crippen LogP contribution < -0.4 is 0 Å². The van der Waals surface area contributed by atoms with E-state index in [0.29, 0.717) is 16.4 Å². The Morgan fingerprint density at radius 2 is 1.76 bits per heavy atom. The maximum atomic E-state index is 6.16. The lowest BCUT2D eigenvalue weighted by Gasteiger charge is -2.57. The molecular weight excluding hydrogens is 208 g/mol. The molecule has 0 bridgehead atoms. The molecule has 0 aromatic rings. The van der Waals surface area contributed by atoms with Crippen LogP contribution in [-0.4, -0.2) is 12.2 Å². The van der Waals surface area contributed by atoms with Crippen LogP contribution in [0.2, 0.25) is 0 Å². The molecule has 3 atom stereocenters. The van der Waals surface area contributed by atoms with Gasteiger partial charge >= 0.3 is 0 Å². The van der Waals surface area contributed by atoms with Crippen molar-refractivity contribution in [2.75, 3.05) is 6.61 Å². The van der Waals surface area contributed by atoms with Crippen LogP contribution in [0.3, 0.4) is 0 Å². The van der Waals surface area contributed by atoms with Crippen LogP contribution >= 0.6 is 0 Å². The molecule has 0 unspecified atom stereocenters. The van der Waals surface area contributed by atoms with Crippen molar-refractivity contribution in [3.05, 3.63) is 0 Å². The minimum absolute atomic E-state index is 0.290. The predicted molar refractivity (Wildman–Crippen MR) is 71.0 cm³/mol. The van der Waals surface area contributed by atoms with Crippen LogP contribution in [0.25, 0.3) is 0 Å². The highest BCUT2D eigenvalue weighted by Crippen LogP contribution is 2.61. The first-order valence-electron chi connectivity index (χ1n) is 7.60. The maximum Gasteiger partial charge on any atom is 0.0688 e. The summed E-state index contributed by atoms with van der Waals surface area (Å²) in [5.41, 5.74) is 1.41. The molecule has 0 aromatic heterocycles. The van der Waals surface area contributed by atoms with E-state index in [1.165, 1.54) is 51.4 Å². The Kier molecular flexibility index (Phi) is 2.63. The molecule has 3 fully saturated rings. The third-order valence-electron chi connectivity index (χ3n) is 6.15. The first-order valence-corrected chi connectivity index (χ1v) is 7.60. The van der Waals surface area contributed by atoms with E-state index in [1.807, 2.05) is 0 Å². The average Bonchev–Trinajstić information content (AvgIpc) is 2.63. The largest absolute Gasteiger partial charge is 0.375 e. The summed E-state index contributed by atoms with van der Waals surface area (Å²) in [6.45, 7) is 8.58. The van der Waals surface area contributed by atoms with Gasteiger partial charge in [-0.3, -0.25) is 0 Å². The molecule has 3 rings (SSSR count). The van der Waals surface area contributed by atoms with Crippen LogP contribution in [-0.2, 0) is 4.74 Å². The van der Waals surface area contributed by atoms with Gasteiger partial charge in [-0.05, 0) is 61.7 Å².